The Hall–Kier alpha value is -2.57. The molecule has 124 valence electrons. The summed E-state index contributed by atoms with van der Waals surface area (Å²) in [5.74, 6) is 0.822. The average Bonchev–Trinajstić information content (AvgIpc) is 2.65. The van der Waals surface area contributed by atoms with Gasteiger partial charge in [0.05, 0.1) is 22.7 Å². The van der Waals surface area contributed by atoms with E-state index in [1.54, 1.807) is 0 Å². The van der Waals surface area contributed by atoms with Crippen LogP contribution in [0.5, 0.6) is 5.75 Å². The lowest BCUT2D eigenvalue weighted by molar-refractivity contribution is 0.315. The lowest BCUT2D eigenvalue weighted by Crippen LogP contribution is -1.95. The molecular formula is C22H18BrNO. The average molecular weight is 392 g/mol. The molecule has 0 heterocycles. The van der Waals surface area contributed by atoms with E-state index in [-0.39, 0.29) is 0 Å². The smallest absolute Gasteiger partial charge is 0.133 e. The molecule has 0 N–H and O–H groups in total. The Bertz CT molecular complexity index is 964. The summed E-state index contributed by atoms with van der Waals surface area (Å²) in [6.45, 7) is 2.77. The molecule has 0 fully saturated rings. The summed E-state index contributed by atoms with van der Waals surface area (Å²) in [6.07, 6.45) is 2.88. The van der Waals surface area contributed by atoms with Crippen LogP contribution in [-0.4, -0.2) is 6.61 Å². The van der Waals surface area contributed by atoms with Crippen LogP contribution >= 0.6 is 15.9 Å². The Morgan fingerprint density at radius 2 is 1.92 bits per heavy atom. The number of allylic oxidation sites excluding steroid dienone is 1. The number of ether oxygens (including phenoxy) is 1. The number of hydrogen-bond acceptors (Lipinski definition) is 2. The maximum Gasteiger partial charge on any atom is 0.133 e. The van der Waals surface area contributed by atoms with Crippen molar-refractivity contribution in [3.63, 3.8) is 0 Å². The van der Waals surface area contributed by atoms with Crippen LogP contribution in [0.2, 0.25) is 0 Å². The Balaban J connectivity index is 2.01. The van der Waals surface area contributed by atoms with E-state index < -0.39 is 0 Å². The Labute approximate surface area is 156 Å². The monoisotopic (exact) mass is 391 g/mol. The number of benzene rings is 3. The quantitative estimate of drug-likeness (QED) is 0.369. The van der Waals surface area contributed by atoms with Crippen molar-refractivity contribution < 1.29 is 4.74 Å². The molecule has 0 atom stereocenters. The fourth-order valence-corrected chi connectivity index (χ4v) is 3.24. The first kappa shape index (κ1) is 17.3. The zero-order chi connectivity index (χ0) is 17.6. The first-order valence-corrected chi connectivity index (χ1v) is 9.04. The Kier molecular flexibility index (Phi) is 5.53. The van der Waals surface area contributed by atoms with Crippen molar-refractivity contribution in [2.45, 2.75) is 13.3 Å². The van der Waals surface area contributed by atoms with Crippen LogP contribution in [-0.2, 0) is 0 Å². The zero-order valence-electron chi connectivity index (χ0n) is 14.0. The first-order valence-electron chi connectivity index (χ1n) is 8.25. The predicted octanol–water partition coefficient (Wildman–Crippen LogP) is 6.46. The van der Waals surface area contributed by atoms with Gasteiger partial charge in [-0.05, 0) is 56.9 Å². The van der Waals surface area contributed by atoms with E-state index >= 15 is 0 Å². The van der Waals surface area contributed by atoms with E-state index in [0.29, 0.717) is 12.2 Å². The highest BCUT2D eigenvalue weighted by molar-refractivity contribution is 9.10. The second-order valence-corrected chi connectivity index (χ2v) is 6.59. The van der Waals surface area contributed by atoms with Crippen LogP contribution in [0.1, 0.15) is 24.5 Å². The molecule has 0 saturated carbocycles. The molecule has 25 heavy (non-hydrogen) atoms. The van der Waals surface area contributed by atoms with Gasteiger partial charge >= 0.3 is 0 Å². The number of rotatable bonds is 5. The Morgan fingerprint density at radius 1 is 1.12 bits per heavy atom. The van der Waals surface area contributed by atoms with Crippen LogP contribution in [0.3, 0.4) is 0 Å². The lowest BCUT2D eigenvalue weighted by Gasteiger charge is -2.08. The van der Waals surface area contributed by atoms with Gasteiger partial charge in [0.25, 0.3) is 0 Å². The van der Waals surface area contributed by atoms with Gasteiger partial charge in [-0.15, -0.1) is 0 Å². The number of halogens is 1. The van der Waals surface area contributed by atoms with Crippen LogP contribution in [0, 0.1) is 11.3 Å². The van der Waals surface area contributed by atoms with Crippen LogP contribution in [0.15, 0.2) is 65.1 Å². The number of nitrogens with zero attached hydrogens (tertiary/aromatic N) is 1. The van der Waals surface area contributed by atoms with E-state index in [1.165, 1.54) is 0 Å². The van der Waals surface area contributed by atoms with Gasteiger partial charge < -0.3 is 4.74 Å². The second-order valence-electron chi connectivity index (χ2n) is 5.73. The number of hydrogen-bond donors (Lipinski definition) is 0. The summed E-state index contributed by atoms with van der Waals surface area (Å²) in [4.78, 5) is 0. The summed E-state index contributed by atoms with van der Waals surface area (Å²) in [6, 6.07) is 22.4. The van der Waals surface area contributed by atoms with Gasteiger partial charge in [-0.25, -0.2) is 0 Å². The minimum atomic E-state index is 0.644. The second kappa shape index (κ2) is 8.00. The molecule has 0 aliphatic carbocycles. The van der Waals surface area contributed by atoms with Gasteiger partial charge in [-0.2, -0.15) is 5.26 Å². The molecule has 3 aromatic rings. The third kappa shape index (κ3) is 3.92. The molecule has 3 aromatic carbocycles. The van der Waals surface area contributed by atoms with Crippen molar-refractivity contribution in [2.24, 2.45) is 0 Å². The van der Waals surface area contributed by atoms with E-state index in [0.717, 1.165) is 38.5 Å². The summed E-state index contributed by atoms with van der Waals surface area (Å²) >= 11 is 3.55. The first-order chi connectivity index (χ1) is 12.2. The minimum absolute atomic E-state index is 0.644. The van der Waals surface area contributed by atoms with Crippen LogP contribution in [0.4, 0.5) is 0 Å². The van der Waals surface area contributed by atoms with Gasteiger partial charge in [-0.3, -0.25) is 0 Å². The minimum Gasteiger partial charge on any atom is -0.492 e. The highest BCUT2D eigenvalue weighted by Gasteiger charge is 2.07. The molecule has 0 aromatic heterocycles. The number of fused-ring (bicyclic) bond motifs is 1. The largest absolute Gasteiger partial charge is 0.492 e. The third-order valence-electron chi connectivity index (χ3n) is 3.93. The highest BCUT2D eigenvalue weighted by atomic mass is 79.9. The van der Waals surface area contributed by atoms with Crippen LogP contribution in [0.25, 0.3) is 22.4 Å². The zero-order valence-corrected chi connectivity index (χ0v) is 15.6. The topological polar surface area (TPSA) is 33.0 Å². The van der Waals surface area contributed by atoms with Crippen molar-refractivity contribution in [3.8, 4) is 11.8 Å². The summed E-state index contributed by atoms with van der Waals surface area (Å²) in [5.41, 5.74) is 2.55. The maximum absolute atomic E-state index is 9.69. The van der Waals surface area contributed by atoms with Crippen LogP contribution < -0.4 is 4.74 Å². The van der Waals surface area contributed by atoms with Gasteiger partial charge in [-0.1, -0.05) is 55.5 Å². The van der Waals surface area contributed by atoms with E-state index in [2.05, 4.69) is 41.1 Å². The lowest BCUT2D eigenvalue weighted by atomic mass is 9.97. The van der Waals surface area contributed by atoms with Crippen molar-refractivity contribution in [1.82, 2.24) is 0 Å². The molecule has 0 aliphatic heterocycles. The maximum atomic E-state index is 9.69. The summed E-state index contributed by atoms with van der Waals surface area (Å²) in [7, 11) is 0. The third-order valence-corrected chi connectivity index (χ3v) is 4.55. The van der Waals surface area contributed by atoms with Gasteiger partial charge in [0.2, 0.25) is 0 Å². The van der Waals surface area contributed by atoms with E-state index in [1.807, 2.05) is 54.6 Å². The van der Waals surface area contributed by atoms with Gasteiger partial charge in [0.15, 0.2) is 0 Å². The molecule has 0 spiro atoms. The number of nitriles is 1. The SMILES string of the molecule is CCCOc1ccc(/C=C(\C#N)c2cccc3ccccc23)cc1Br. The van der Waals surface area contributed by atoms with Gasteiger partial charge in [0.1, 0.15) is 5.75 Å². The fraction of sp³-hybridized carbons (Fsp3) is 0.136. The van der Waals surface area contributed by atoms with E-state index in [9.17, 15) is 5.26 Å². The summed E-state index contributed by atoms with van der Waals surface area (Å²) < 4.78 is 6.58. The molecule has 3 rings (SSSR count). The fourth-order valence-electron chi connectivity index (χ4n) is 2.73. The standard InChI is InChI=1S/C22H18BrNO/c1-2-12-25-22-11-10-16(14-21(22)23)13-18(15-24)20-9-5-7-17-6-3-4-8-19(17)20/h3-11,13-14H,2,12H2,1H3/b18-13+. The molecule has 2 nitrogen and oxygen atoms in total. The Morgan fingerprint density at radius 3 is 2.68 bits per heavy atom. The highest BCUT2D eigenvalue weighted by Crippen LogP contribution is 2.30. The molecular weight excluding hydrogens is 374 g/mol. The normalized spacial score (nSPS) is 11.3. The van der Waals surface area contributed by atoms with Crippen molar-refractivity contribution >= 4 is 38.4 Å². The van der Waals surface area contributed by atoms with Gasteiger partial charge in [0, 0.05) is 5.56 Å². The van der Waals surface area contributed by atoms with Crippen molar-refractivity contribution in [2.75, 3.05) is 6.61 Å². The summed E-state index contributed by atoms with van der Waals surface area (Å²) in [5, 5.41) is 11.9. The molecule has 0 radical (unpaired) electrons. The van der Waals surface area contributed by atoms with Crippen molar-refractivity contribution in [3.05, 3.63) is 76.3 Å². The van der Waals surface area contributed by atoms with E-state index in [4.69, 9.17) is 4.74 Å². The molecule has 0 amide bonds. The molecule has 3 heteroatoms. The molecule has 0 saturated heterocycles. The predicted molar refractivity (Wildman–Crippen MR) is 107 cm³/mol. The van der Waals surface area contributed by atoms with Crippen molar-refractivity contribution in [1.29, 1.82) is 5.26 Å². The molecule has 0 unspecified atom stereocenters. The molecule has 0 bridgehead atoms. The molecule has 0 aliphatic rings.